The number of carboxylic acid groups (broad SMARTS) is 1. The van der Waals surface area contributed by atoms with Crippen LogP contribution in [0.5, 0.6) is 0 Å². The first kappa shape index (κ1) is 32.8. The zero-order valence-corrected chi connectivity index (χ0v) is 27.8. The van der Waals surface area contributed by atoms with E-state index in [0.717, 1.165) is 36.1 Å². The number of ether oxygens (including phenoxy) is 1. The number of fused-ring (bicyclic) bond motifs is 1. The summed E-state index contributed by atoms with van der Waals surface area (Å²) in [6.07, 6.45) is 2.07. The molecule has 0 saturated heterocycles. The molecule has 4 rings (SSSR count). The minimum atomic E-state index is -1.78. The Morgan fingerprint density at radius 1 is 1.12 bits per heavy atom. The van der Waals surface area contributed by atoms with Crippen LogP contribution >= 0.6 is 0 Å². The van der Waals surface area contributed by atoms with Crippen LogP contribution in [0.25, 0.3) is 0 Å². The van der Waals surface area contributed by atoms with Crippen LogP contribution in [-0.4, -0.2) is 53.7 Å². The first-order valence-electron chi connectivity index (χ1n) is 13.6. The molecule has 0 spiro atoms. The van der Waals surface area contributed by atoms with Crippen molar-refractivity contribution in [2.45, 2.75) is 88.8 Å². The number of aliphatic carboxylic acids is 1. The van der Waals surface area contributed by atoms with Gasteiger partial charge in [-0.15, -0.1) is 0 Å². The minimum Gasteiger partial charge on any atom is -0.550 e. The Morgan fingerprint density at radius 2 is 1.78 bits per heavy atom. The monoisotopic (exact) mass is 591 g/mol. The summed E-state index contributed by atoms with van der Waals surface area (Å²) in [5, 5.41) is 23.8. The zero-order valence-electron chi connectivity index (χ0n) is 24.8. The maximum atomic E-state index is 13.6. The third-order valence-corrected chi connectivity index (χ3v) is 12.1. The van der Waals surface area contributed by atoms with Crippen molar-refractivity contribution in [3.05, 3.63) is 47.2 Å². The SMILES string of the molecule is CC1(C)c2[nH]nc(NC(=O)C3([Si](C)(C)C)CCC3)c2CN1C(=O)N[C@H](COC(=O)CCC(=O)[O-])c1ccccc1.[Na+]. The number of anilines is 1. The average Bonchev–Trinajstić information content (AvgIpc) is 3.36. The summed E-state index contributed by atoms with van der Waals surface area (Å²) in [5.41, 5.74) is 1.49. The molecule has 216 valence electrons. The Bertz CT molecular complexity index is 1290. The Kier molecular flexibility index (Phi) is 10.2. The summed E-state index contributed by atoms with van der Waals surface area (Å²) >= 11 is 0. The normalized spacial score (nSPS) is 17.3. The summed E-state index contributed by atoms with van der Waals surface area (Å²) in [7, 11) is -1.78. The predicted molar refractivity (Wildman–Crippen MR) is 149 cm³/mol. The van der Waals surface area contributed by atoms with Gasteiger partial charge >= 0.3 is 41.6 Å². The van der Waals surface area contributed by atoms with Gasteiger partial charge in [-0.1, -0.05) is 56.4 Å². The summed E-state index contributed by atoms with van der Waals surface area (Å²) < 4.78 is 5.29. The topological polar surface area (TPSA) is 157 Å². The number of benzene rings is 1. The van der Waals surface area contributed by atoms with E-state index in [1.807, 2.05) is 44.2 Å². The molecule has 1 aromatic heterocycles. The van der Waals surface area contributed by atoms with Crippen molar-refractivity contribution in [2.24, 2.45) is 0 Å². The molecule has 0 bridgehead atoms. The number of hydrogen-bond acceptors (Lipinski definition) is 7. The van der Waals surface area contributed by atoms with Gasteiger partial charge in [0.05, 0.1) is 38.3 Å². The number of carbonyl (C=O) groups excluding carboxylic acids is 4. The van der Waals surface area contributed by atoms with Crippen LogP contribution in [0.4, 0.5) is 10.6 Å². The number of aromatic amines is 1. The van der Waals surface area contributed by atoms with Crippen LogP contribution in [0.15, 0.2) is 30.3 Å². The standard InChI is InChI=1S/C28H39N5O6Si.Na/c1-27(2)23-19(24(32-31-23)30-25(37)28(14-9-15-28)40(3,4)5)16-33(27)26(38)29-20(18-10-7-6-8-11-18)17-39-22(36)13-12-21(34)35;/h6-8,10-11,20H,9,12-17H2,1-5H3,(H,29,38)(H,34,35)(H2,30,31,32,37);/q;+1/p-1/t20-;/m1./s1. The van der Waals surface area contributed by atoms with E-state index in [9.17, 15) is 24.3 Å². The zero-order chi connectivity index (χ0) is 29.3. The van der Waals surface area contributed by atoms with Crippen molar-refractivity contribution in [3.8, 4) is 0 Å². The van der Waals surface area contributed by atoms with Crippen molar-refractivity contribution in [1.29, 1.82) is 0 Å². The Balaban J connectivity index is 0.00000462. The van der Waals surface area contributed by atoms with Gasteiger partial charge in [-0.3, -0.25) is 14.7 Å². The predicted octanol–water partition coefficient (Wildman–Crippen LogP) is 0.190. The molecule has 2 aliphatic rings. The quantitative estimate of drug-likeness (QED) is 0.263. The van der Waals surface area contributed by atoms with Crippen LogP contribution in [-0.2, 0) is 31.2 Å². The largest absolute Gasteiger partial charge is 1.00 e. The molecule has 1 atom stereocenters. The first-order valence-corrected chi connectivity index (χ1v) is 17.1. The van der Waals surface area contributed by atoms with E-state index < -0.39 is 38.0 Å². The number of hydrogen-bond donors (Lipinski definition) is 3. The first-order chi connectivity index (χ1) is 18.8. The molecule has 1 aliphatic heterocycles. The van der Waals surface area contributed by atoms with Crippen molar-refractivity contribution >= 4 is 37.8 Å². The number of nitrogens with zero attached hydrogens (tertiary/aromatic N) is 2. The molecule has 2 heterocycles. The molecule has 3 amide bonds. The van der Waals surface area contributed by atoms with Crippen molar-refractivity contribution in [1.82, 2.24) is 20.4 Å². The maximum Gasteiger partial charge on any atom is 1.00 e. The fourth-order valence-corrected chi connectivity index (χ4v) is 8.20. The molecular weight excluding hydrogens is 553 g/mol. The van der Waals surface area contributed by atoms with E-state index in [0.29, 0.717) is 5.82 Å². The second kappa shape index (κ2) is 12.7. The van der Waals surface area contributed by atoms with Crippen LogP contribution in [0, 0.1) is 0 Å². The molecule has 2 aromatic rings. The van der Waals surface area contributed by atoms with E-state index in [-0.39, 0.29) is 66.1 Å². The molecule has 1 saturated carbocycles. The number of urea groups is 1. The molecule has 3 N–H and O–H groups in total. The van der Waals surface area contributed by atoms with Gasteiger partial charge in [-0.05, 0) is 38.7 Å². The van der Waals surface area contributed by atoms with Crippen LogP contribution in [0.1, 0.15) is 68.8 Å². The van der Waals surface area contributed by atoms with Crippen molar-refractivity contribution in [3.63, 3.8) is 0 Å². The molecule has 41 heavy (non-hydrogen) atoms. The van der Waals surface area contributed by atoms with Gasteiger partial charge in [0, 0.05) is 16.6 Å². The maximum absolute atomic E-state index is 13.6. The molecule has 13 heteroatoms. The van der Waals surface area contributed by atoms with E-state index in [2.05, 4.69) is 40.5 Å². The number of nitrogens with one attached hydrogen (secondary N) is 3. The third kappa shape index (κ3) is 6.71. The summed E-state index contributed by atoms with van der Waals surface area (Å²) in [6, 6.07) is 8.03. The van der Waals surface area contributed by atoms with Crippen LogP contribution in [0.3, 0.4) is 0 Å². The molecule has 11 nitrogen and oxygen atoms in total. The smallest absolute Gasteiger partial charge is 0.550 e. The Morgan fingerprint density at radius 3 is 2.34 bits per heavy atom. The van der Waals surface area contributed by atoms with Gasteiger partial charge in [0.25, 0.3) is 0 Å². The van der Waals surface area contributed by atoms with Gasteiger partial charge in [-0.2, -0.15) is 5.10 Å². The fraction of sp³-hybridized carbons (Fsp3) is 0.536. The van der Waals surface area contributed by atoms with Gasteiger partial charge in [-0.25, -0.2) is 4.79 Å². The minimum absolute atomic E-state index is 0. The number of carboxylic acids is 1. The van der Waals surface area contributed by atoms with Crippen molar-refractivity contribution < 1.29 is 58.6 Å². The second-order valence-corrected chi connectivity index (χ2v) is 17.6. The number of aromatic nitrogens is 2. The molecular formula is C28H38N5NaO6Si. The van der Waals surface area contributed by atoms with Gasteiger partial charge in [0.2, 0.25) is 5.91 Å². The molecule has 1 fully saturated rings. The van der Waals surface area contributed by atoms with Crippen LogP contribution < -0.4 is 45.3 Å². The van der Waals surface area contributed by atoms with E-state index in [4.69, 9.17) is 4.74 Å². The van der Waals surface area contributed by atoms with E-state index in [1.54, 1.807) is 4.90 Å². The van der Waals surface area contributed by atoms with Crippen LogP contribution in [0.2, 0.25) is 24.7 Å². The molecule has 1 aliphatic carbocycles. The second-order valence-electron chi connectivity index (χ2n) is 12.2. The van der Waals surface area contributed by atoms with Gasteiger partial charge < -0.3 is 30.2 Å². The van der Waals surface area contributed by atoms with E-state index in [1.165, 1.54) is 0 Å². The molecule has 0 radical (unpaired) electrons. The Hall–Kier alpha value is -2.67. The summed E-state index contributed by atoms with van der Waals surface area (Å²) in [5.74, 6) is -1.56. The van der Waals surface area contributed by atoms with E-state index >= 15 is 0 Å². The summed E-state index contributed by atoms with van der Waals surface area (Å²) in [4.78, 5) is 51.4. The molecule has 0 unspecified atom stereocenters. The third-order valence-electron chi connectivity index (χ3n) is 8.47. The molecule has 1 aromatic carbocycles. The average molecular weight is 592 g/mol. The van der Waals surface area contributed by atoms with Gasteiger partial charge in [0.1, 0.15) is 6.61 Å². The Labute approximate surface area is 263 Å². The number of amides is 3. The number of rotatable bonds is 10. The van der Waals surface area contributed by atoms with Crippen molar-refractivity contribution in [2.75, 3.05) is 11.9 Å². The summed E-state index contributed by atoms with van der Waals surface area (Å²) in [6.45, 7) is 10.5. The number of carbonyl (C=O) groups is 4. The van der Waals surface area contributed by atoms with Gasteiger partial charge in [0.15, 0.2) is 5.82 Å². The number of H-pyrrole nitrogens is 1. The fourth-order valence-electron chi connectivity index (χ4n) is 5.61. The number of esters is 1.